The molecule has 2 aliphatic rings. The van der Waals surface area contributed by atoms with E-state index < -0.39 is 0 Å². The molecule has 2 unspecified atom stereocenters. The van der Waals surface area contributed by atoms with Crippen molar-refractivity contribution in [2.75, 3.05) is 13.1 Å². The summed E-state index contributed by atoms with van der Waals surface area (Å²) in [4.78, 5) is 0. The predicted octanol–water partition coefficient (Wildman–Crippen LogP) is 2.81. The summed E-state index contributed by atoms with van der Waals surface area (Å²) in [5.41, 5.74) is 1.32. The SMILES string of the molecule is CCC1CNCCC1(C)C1(C)CC1. The average Bonchev–Trinajstić information content (AvgIpc) is 2.86. The molecule has 2 fully saturated rings. The second kappa shape index (κ2) is 2.98. The van der Waals surface area contributed by atoms with E-state index in [1.54, 1.807) is 0 Å². The molecular formula is C12H23N. The van der Waals surface area contributed by atoms with Gasteiger partial charge in [-0.3, -0.25) is 0 Å². The molecule has 1 saturated heterocycles. The molecule has 1 heterocycles. The zero-order valence-corrected chi connectivity index (χ0v) is 9.32. The van der Waals surface area contributed by atoms with Gasteiger partial charge < -0.3 is 5.32 Å². The molecule has 0 radical (unpaired) electrons. The minimum absolute atomic E-state index is 0.632. The fourth-order valence-corrected chi connectivity index (χ4v) is 3.20. The largest absolute Gasteiger partial charge is 0.316 e. The van der Waals surface area contributed by atoms with Crippen LogP contribution in [0.2, 0.25) is 0 Å². The molecule has 1 N–H and O–H groups in total. The molecule has 0 aromatic rings. The lowest BCUT2D eigenvalue weighted by Crippen LogP contribution is -2.47. The lowest BCUT2D eigenvalue weighted by molar-refractivity contribution is 0.0449. The van der Waals surface area contributed by atoms with Crippen LogP contribution < -0.4 is 5.32 Å². The van der Waals surface area contributed by atoms with Gasteiger partial charge in [0.15, 0.2) is 0 Å². The molecule has 1 nitrogen and oxygen atoms in total. The standard InChI is InChI=1S/C12H23N/c1-4-10-9-13-8-7-12(10,3)11(2)5-6-11/h10,13H,4-9H2,1-3H3. The van der Waals surface area contributed by atoms with E-state index >= 15 is 0 Å². The Hall–Kier alpha value is -0.0400. The molecule has 76 valence electrons. The first-order chi connectivity index (χ1) is 6.12. The smallest absolute Gasteiger partial charge is 0.00152 e. The van der Waals surface area contributed by atoms with Crippen LogP contribution in [0.15, 0.2) is 0 Å². The third kappa shape index (κ3) is 1.32. The summed E-state index contributed by atoms with van der Waals surface area (Å²) in [6, 6.07) is 0. The number of hydrogen-bond donors (Lipinski definition) is 1. The normalized spacial score (nSPS) is 43.2. The van der Waals surface area contributed by atoms with Crippen LogP contribution in [0.4, 0.5) is 0 Å². The first-order valence-electron chi connectivity index (χ1n) is 5.83. The molecule has 0 amide bonds. The Bertz CT molecular complexity index is 195. The fourth-order valence-electron chi connectivity index (χ4n) is 3.20. The second-order valence-electron chi connectivity index (χ2n) is 5.54. The lowest BCUT2D eigenvalue weighted by atomic mass is 9.62. The Morgan fingerprint density at radius 2 is 1.92 bits per heavy atom. The van der Waals surface area contributed by atoms with Crippen LogP contribution in [-0.2, 0) is 0 Å². The van der Waals surface area contributed by atoms with Crippen molar-refractivity contribution in [2.24, 2.45) is 16.7 Å². The van der Waals surface area contributed by atoms with Crippen molar-refractivity contribution < 1.29 is 0 Å². The van der Waals surface area contributed by atoms with Crippen molar-refractivity contribution in [1.82, 2.24) is 5.32 Å². The summed E-state index contributed by atoms with van der Waals surface area (Å²) in [6.45, 7) is 9.88. The second-order valence-corrected chi connectivity index (χ2v) is 5.54. The van der Waals surface area contributed by atoms with E-state index in [1.807, 2.05) is 0 Å². The van der Waals surface area contributed by atoms with Gasteiger partial charge in [0.2, 0.25) is 0 Å². The minimum atomic E-state index is 0.632. The van der Waals surface area contributed by atoms with Gasteiger partial charge in [0.25, 0.3) is 0 Å². The van der Waals surface area contributed by atoms with Crippen LogP contribution in [-0.4, -0.2) is 13.1 Å². The summed E-state index contributed by atoms with van der Waals surface area (Å²) in [5, 5.41) is 3.54. The van der Waals surface area contributed by atoms with Crippen LogP contribution in [0.25, 0.3) is 0 Å². The molecule has 1 aliphatic heterocycles. The molecule has 0 bridgehead atoms. The van der Waals surface area contributed by atoms with Gasteiger partial charge in [-0.05, 0) is 49.1 Å². The van der Waals surface area contributed by atoms with E-state index in [1.165, 1.54) is 38.8 Å². The number of nitrogens with one attached hydrogen (secondary N) is 1. The predicted molar refractivity (Wildman–Crippen MR) is 56.7 cm³/mol. The maximum absolute atomic E-state index is 3.54. The summed E-state index contributed by atoms with van der Waals surface area (Å²) >= 11 is 0. The van der Waals surface area contributed by atoms with Gasteiger partial charge in [-0.1, -0.05) is 27.2 Å². The highest BCUT2D eigenvalue weighted by Gasteiger charge is 2.55. The van der Waals surface area contributed by atoms with Crippen molar-refractivity contribution in [2.45, 2.75) is 46.5 Å². The molecule has 1 saturated carbocycles. The number of rotatable bonds is 2. The first kappa shape index (κ1) is 9.51. The summed E-state index contributed by atoms with van der Waals surface area (Å²) in [5.74, 6) is 0.911. The summed E-state index contributed by atoms with van der Waals surface area (Å²) in [7, 11) is 0. The zero-order chi connectivity index (χ0) is 9.53. The van der Waals surface area contributed by atoms with Gasteiger partial charge in [-0.25, -0.2) is 0 Å². The third-order valence-corrected chi connectivity index (χ3v) is 4.98. The molecule has 13 heavy (non-hydrogen) atoms. The number of piperidine rings is 1. The van der Waals surface area contributed by atoms with E-state index in [-0.39, 0.29) is 0 Å². The van der Waals surface area contributed by atoms with E-state index in [4.69, 9.17) is 0 Å². The van der Waals surface area contributed by atoms with Crippen LogP contribution in [0.5, 0.6) is 0 Å². The Labute approximate surface area is 82.3 Å². The third-order valence-electron chi connectivity index (χ3n) is 4.98. The van der Waals surface area contributed by atoms with Gasteiger partial charge in [0.1, 0.15) is 0 Å². The highest BCUT2D eigenvalue weighted by atomic mass is 14.9. The lowest BCUT2D eigenvalue weighted by Gasteiger charge is -2.46. The van der Waals surface area contributed by atoms with Crippen molar-refractivity contribution in [3.05, 3.63) is 0 Å². The van der Waals surface area contributed by atoms with Crippen molar-refractivity contribution in [3.8, 4) is 0 Å². The molecule has 0 aromatic carbocycles. The van der Waals surface area contributed by atoms with Crippen molar-refractivity contribution in [3.63, 3.8) is 0 Å². The maximum atomic E-state index is 3.54. The van der Waals surface area contributed by atoms with E-state index in [0.717, 1.165) is 5.92 Å². The molecular weight excluding hydrogens is 158 g/mol. The molecule has 2 rings (SSSR count). The molecule has 1 aliphatic carbocycles. The highest BCUT2D eigenvalue weighted by Crippen LogP contribution is 2.63. The van der Waals surface area contributed by atoms with Gasteiger partial charge in [0.05, 0.1) is 0 Å². The Morgan fingerprint density at radius 3 is 2.46 bits per heavy atom. The van der Waals surface area contributed by atoms with Crippen LogP contribution in [0.3, 0.4) is 0 Å². The number of hydrogen-bond acceptors (Lipinski definition) is 1. The van der Waals surface area contributed by atoms with Crippen LogP contribution in [0.1, 0.15) is 46.5 Å². The van der Waals surface area contributed by atoms with E-state index in [0.29, 0.717) is 10.8 Å². The van der Waals surface area contributed by atoms with Gasteiger partial charge in [0, 0.05) is 0 Å². The topological polar surface area (TPSA) is 12.0 Å². The zero-order valence-electron chi connectivity index (χ0n) is 9.32. The minimum Gasteiger partial charge on any atom is -0.316 e. The first-order valence-corrected chi connectivity index (χ1v) is 5.83. The molecule has 0 aromatic heterocycles. The molecule has 0 spiro atoms. The van der Waals surface area contributed by atoms with Crippen LogP contribution in [0, 0.1) is 16.7 Å². The van der Waals surface area contributed by atoms with Gasteiger partial charge in [-0.15, -0.1) is 0 Å². The fraction of sp³-hybridized carbons (Fsp3) is 1.00. The quantitative estimate of drug-likeness (QED) is 0.690. The average molecular weight is 181 g/mol. The Balaban J connectivity index is 2.16. The Kier molecular flexibility index (Phi) is 2.18. The van der Waals surface area contributed by atoms with Crippen molar-refractivity contribution >= 4 is 0 Å². The van der Waals surface area contributed by atoms with Gasteiger partial charge in [-0.2, -0.15) is 0 Å². The van der Waals surface area contributed by atoms with Gasteiger partial charge >= 0.3 is 0 Å². The van der Waals surface area contributed by atoms with Crippen LogP contribution >= 0.6 is 0 Å². The monoisotopic (exact) mass is 181 g/mol. The van der Waals surface area contributed by atoms with Crippen molar-refractivity contribution in [1.29, 1.82) is 0 Å². The molecule has 2 atom stereocenters. The highest BCUT2D eigenvalue weighted by molar-refractivity contribution is 5.06. The van der Waals surface area contributed by atoms with E-state index in [2.05, 4.69) is 26.1 Å². The van der Waals surface area contributed by atoms with E-state index in [9.17, 15) is 0 Å². The summed E-state index contributed by atoms with van der Waals surface area (Å²) < 4.78 is 0. The molecule has 1 heteroatoms. The Morgan fingerprint density at radius 1 is 1.23 bits per heavy atom. The summed E-state index contributed by atoms with van der Waals surface area (Å²) in [6.07, 6.45) is 5.68. The maximum Gasteiger partial charge on any atom is -0.00152 e.